The van der Waals surface area contributed by atoms with Crippen molar-refractivity contribution in [3.05, 3.63) is 35.4 Å². The van der Waals surface area contributed by atoms with Crippen LogP contribution in [-0.4, -0.2) is 41.4 Å². The Hall–Kier alpha value is -1.04. The average Bonchev–Trinajstić information content (AvgIpc) is 2.33. The molecule has 0 bridgehead atoms. The Kier molecular flexibility index (Phi) is 6.18. The van der Waals surface area contributed by atoms with Crippen molar-refractivity contribution in [1.29, 1.82) is 0 Å². The monoisotopic (exact) mass is 259 g/mol. The summed E-state index contributed by atoms with van der Waals surface area (Å²) < 4.78 is 26.5. The fourth-order valence-corrected chi connectivity index (χ4v) is 1.86. The van der Waals surface area contributed by atoms with E-state index in [0.717, 1.165) is 24.6 Å². The lowest BCUT2D eigenvalue weighted by atomic mass is 10.1. The van der Waals surface area contributed by atoms with Gasteiger partial charge in [0.25, 0.3) is 0 Å². The normalized spacial score (nSPS) is 13.0. The molecule has 0 heterocycles. The van der Waals surface area contributed by atoms with Gasteiger partial charge in [-0.1, -0.05) is 6.92 Å². The molecule has 3 nitrogen and oxygen atoms in total. The molecule has 5 heteroatoms. The summed E-state index contributed by atoms with van der Waals surface area (Å²) in [6.45, 7) is 3.21. The van der Waals surface area contributed by atoms with Crippen LogP contribution in [0.2, 0.25) is 0 Å². The summed E-state index contributed by atoms with van der Waals surface area (Å²) in [7, 11) is 0. The summed E-state index contributed by atoms with van der Waals surface area (Å²) in [5.74, 6) is -1.20. The van der Waals surface area contributed by atoms with Crippen LogP contribution < -0.4 is 0 Å². The van der Waals surface area contributed by atoms with Gasteiger partial charge in [-0.05, 0) is 31.2 Å². The van der Waals surface area contributed by atoms with Crippen LogP contribution in [-0.2, 0) is 0 Å². The summed E-state index contributed by atoms with van der Waals surface area (Å²) in [6, 6.07) is 3.02. The van der Waals surface area contributed by atoms with Gasteiger partial charge in [-0.3, -0.25) is 4.90 Å². The number of halogens is 2. The molecule has 1 aromatic rings. The molecule has 2 N–H and O–H groups in total. The fraction of sp³-hybridized carbons (Fsp3) is 0.538. The van der Waals surface area contributed by atoms with Crippen LogP contribution in [0.5, 0.6) is 0 Å². The van der Waals surface area contributed by atoms with Crippen LogP contribution in [0.25, 0.3) is 0 Å². The van der Waals surface area contributed by atoms with Gasteiger partial charge in [0.1, 0.15) is 11.6 Å². The van der Waals surface area contributed by atoms with E-state index >= 15 is 0 Å². The van der Waals surface area contributed by atoms with Crippen LogP contribution in [0.15, 0.2) is 18.2 Å². The molecule has 0 aliphatic carbocycles. The minimum Gasteiger partial charge on any atom is -0.395 e. The van der Waals surface area contributed by atoms with E-state index in [9.17, 15) is 13.9 Å². The zero-order valence-electron chi connectivity index (χ0n) is 10.4. The van der Waals surface area contributed by atoms with Gasteiger partial charge in [0.15, 0.2) is 0 Å². The van der Waals surface area contributed by atoms with E-state index in [1.54, 1.807) is 0 Å². The molecular formula is C13H19F2NO2. The predicted molar refractivity (Wildman–Crippen MR) is 65.1 cm³/mol. The fourth-order valence-electron chi connectivity index (χ4n) is 1.86. The number of hydrogen-bond donors (Lipinski definition) is 2. The van der Waals surface area contributed by atoms with Crippen LogP contribution in [0, 0.1) is 11.6 Å². The quantitative estimate of drug-likeness (QED) is 0.783. The second kappa shape index (κ2) is 7.41. The number of benzene rings is 1. The van der Waals surface area contributed by atoms with Gasteiger partial charge in [0.05, 0.1) is 12.7 Å². The molecule has 0 spiro atoms. The first kappa shape index (κ1) is 15.0. The van der Waals surface area contributed by atoms with Crippen molar-refractivity contribution in [2.24, 2.45) is 0 Å². The highest BCUT2D eigenvalue weighted by atomic mass is 19.1. The number of aliphatic hydroxyl groups is 2. The summed E-state index contributed by atoms with van der Waals surface area (Å²) in [5.41, 5.74) is -0.0472. The molecule has 0 unspecified atom stereocenters. The molecule has 1 aromatic carbocycles. The smallest absolute Gasteiger partial charge is 0.129 e. The van der Waals surface area contributed by atoms with Crippen molar-refractivity contribution in [2.45, 2.75) is 19.4 Å². The molecule has 0 aliphatic rings. The SMILES string of the molecule is CCCN(CCO)C[C@@H](O)c1cc(F)ccc1F. The van der Waals surface area contributed by atoms with Gasteiger partial charge in [-0.25, -0.2) is 8.78 Å². The molecule has 102 valence electrons. The Morgan fingerprint density at radius 2 is 2.00 bits per heavy atom. The lowest BCUT2D eigenvalue weighted by Crippen LogP contribution is -2.32. The van der Waals surface area contributed by atoms with Crippen molar-refractivity contribution < 1.29 is 19.0 Å². The number of aliphatic hydroxyl groups excluding tert-OH is 2. The van der Waals surface area contributed by atoms with Crippen LogP contribution in [0.1, 0.15) is 25.0 Å². The van der Waals surface area contributed by atoms with Gasteiger partial charge in [-0.2, -0.15) is 0 Å². The Bertz CT molecular complexity index is 368. The Morgan fingerprint density at radius 3 is 2.61 bits per heavy atom. The highest BCUT2D eigenvalue weighted by Crippen LogP contribution is 2.19. The van der Waals surface area contributed by atoms with Crippen LogP contribution in [0.3, 0.4) is 0 Å². The van der Waals surface area contributed by atoms with Crippen molar-refractivity contribution in [3.8, 4) is 0 Å². The van der Waals surface area contributed by atoms with Crippen molar-refractivity contribution >= 4 is 0 Å². The third-order valence-corrected chi connectivity index (χ3v) is 2.70. The predicted octanol–water partition coefficient (Wildman–Crippen LogP) is 1.70. The highest BCUT2D eigenvalue weighted by Gasteiger charge is 2.17. The van der Waals surface area contributed by atoms with Crippen molar-refractivity contribution in [3.63, 3.8) is 0 Å². The van der Waals surface area contributed by atoms with E-state index in [-0.39, 0.29) is 18.7 Å². The largest absolute Gasteiger partial charge is 0.395 e. The second-order valence-corrected chi connectivity index (χ2v) is 4.21. The maximum Gasteiger partial charge on any atom is 0.129 e. The van der Waals surface area contributed by atoms with Crippen molar-refractivity contribution in [1.82, 2.24) is 4.90 Å². The third kappa shape index (κ3) is 4.33. The summed E-state index contributed by atoms with van der Waals surface area (Å²) in [4.78, 5) is 1.81. The lowest BCUT2D eigenvalue weighted by molar-refractivity contribution is 0.0971. The molecule has 0 amide bonds. The molecule has 0 aromatic heterocycles. The van der Waals surface area contributed by atoms with Crippen LogP contribution in [0.4, 0.5) is 8.78 Å². The van der Waals surface area contributed by atoms with E-state index in [2.05, 4.69) is 0 Å². The molecule has 1 rings (SSSR count). The molecule has 0 fully saturated rings. The number of hydrogen-bond acceptors (Lipinski definition) is 3. The summed E-state index contributed by atoms with van der Waals surface area (Å²) in [5, 5.41) is 18.8. The minimum atomic E-state index is -1.10. The average molecular weight is 259 g/mol. The number of nitrogens with zero attached hydrogens (tertiary/aromatic N) is 1. The van der Waals surface area contributed by atoms with Gasteiger partial charge in [0.2, 0.25) is 0 Å². The van der Waals surface area contributed by atoms with Crippen molar-refractivity contribution in [2.75, 3.05) is 26.2 Å². The highest BCUT2D eigenvalue weighted by molar-refractivity contribution is 5.21. The van der Waals surface area contributed by atoms with E-state index < -0.39 is 17.7 Å². The first-order valence-corrected chi connectivity index (χ1v) is 6.04. The van der Waals surface area contributed by atoms with Gasteiger partial charge in [-0.15, -0.1) is 0 Å². The maximum absolute atomic E-state index is 13.4. The molecular weight excluding hydrogens is 240 g/mol. The minimum absolute atomic E-state index is 0.0294. The molecule has 0 radical (unpaired) electrons. The molecule has 18 heavy (non-hydrogen) atoms. The number of rotatable bonds is 7. The van der Waals surface area contributed by atoms with E-state index in [1.807, 2.05) is 11.8 Å². The van der Waals surface area contributed by atoms with E-state index in [0.29, 0.717) is 13.1 Å². The topological polar surface area (TPSA) is 43.7 Å². The molecule has 0 aliphatic heterocycles. The van der Waals surface area contributed by atoms with E-state index in [4.69, 9.17) is 5.11 Å². The standard InChI is InChI=1S/C13H19F2NO2/c1-2-5-16(6-7-17)9-13(18)11-8-10(14)3-4-12(11)15/h3-4,8,13,17-18H,2,5-7,9H2,1H3/t13-/m1/s1. The zero-order valence-corrected chi connectivity index (χ0v) is 10.4. The molecule has 0 saturated heterocycles. The maximum atomic E-state index is 13.4. The lowest BCUT2D eigenvalue weighted by Gasteiger charge is -2.24. The molecule has 0 saturated carbocycles. The van der Waals surface area contributed by atoms with Gasteiger partial charge in [0, 0.05) is 18.7 Å². The molecule has 1 atom stereocenters. The Balaban J connectivity index is 2.73. The summed E-state index contributed by atoms with van der Waals surface area (Å²) in [6.07, 6.45) is -0.239. The zero-order chi connectivity index (χ0) is 13.5. The third-order valence-electron chi connectivity index (χ3n) is 2.70. The van der Waals surface area contributed by atoms with Crippen LogP contribution >= 0.6 is 0 Å². The first-order valence-electron chi connectivity index (χ1n) is 6.04. The summed E-state index contributed by atoms with van der Waals surface area (Å²) >= 11 is 0. The van der Waals surface area contributed by atoms with E-state index in [1.165, 1.54) is 0 Å². The van der Waals surface area contributed by atoms with Gasteiger partial charge < -0.3 is 10.2 Å². The van der Waals surface area contributed by atoms with Gasteiger partial charge >= 0.3 is 0 Å². The Morgan fingerprint density at radius 1 is 1.28 bits per heavy atom. The first-order chi connectivity index (χ1) is 8.58. The Labute approximate surface area is 106 Å². The second-order valence-electron chi connectivity index (χ2n) is 4.21.